The van der Waals surface area contributed by atoms with E-state index < -0.39 is 6.55 Å². The first-order chi connectivity index (χ1) is 8.66. The number of nitrogens with one attached hydrogen (secondary N) is 1. The lowest BCUT2D eigenvalue weighted by molar-refractivity contribution is 0.0665. The van der Waals surface area contributed by atoms with Crippen molar-refractivity contribution in [1.29, 1.82) is 0 Å². The average molecular weight is 258 g/mol. The number of aromatic nitrogens is 2. The number of imidazole rings is 1. The van der Waals surface area contributed by atoms with Crippen molar-refractivity contribution >= 4 is 0 Å². The van der Waals surface area contributed by atoms with Crippen LogP contribution >= 0.6 is 0 Å². The molecule has 0 amide bonds. The van der Waals surface area contributed by atoms with Gasteiger partial charge in [0.25, 0.3) is 0 Å². The van der Waals surface area contributed by atoms with E-state index in [0.717, 1.165) is 24.2 Å². The fourth-order valence-electron chi connectivity index (χ4n) is 2.31. The molecule has 6 heteroatoms. The highest BCUT2D eigenvalue weighted by molar-refractivity contribution is 4.92. The van der Waals surface area contributed by atoms with Crippen LogP contribution in [0.5, 0.6) is 0 Å². The first-order valence-corrected chi connectivity index (χ1v) is 6.36. The van der Waals surface area contributed by atoms with Crippen LogP contribution in [-0.4, -0.2) is 41.1 Å². The second-order valence-corrected chi connectivity index (χ2v) is 4.91. The molecule has 2 rings (SSSR count). The lowest BCUT2D eigenvalue weighted by Gasteiger charge is -2.29. The summed E-state index contributed by atoms with van der Waals surface area (Å²) in [5.41, 5.74) is 0. The summed E-state index contributed by atoms with van der Waals surface area (Å²) in [7, 11) is 2.13. The highest BCUT2D eigenvalue weighted by Gasteiger charge is 2.16. The van der Waals surface area contributed by atoms with E-state index >= 15 is 0 Å². The molecule has 1 N–H and O–H groups in total. The Morgan fingerprint density at radius 2 is 2.17 bits per heavy atom. The largest absolute Gasteiger partial charge is 0.319 e. The highest BCUT2D eigenvalue weighted by Crippen LogP contribution is 2.15. The normalized spacial score (nSPS) is 18.7. The summed E-state index contributed by atoms with van der Waals surface area (Å²) in [5, 5.41) is 3.23. The van der Waals surface area contributed by atoms with Gasteiger partial charge in [0.05, 0.1) is 6.54 Å². The Balaban J connectivity index is 1.73. The van der Waals surface area contributed by atoms with Crippen molar-refractivity contribution in [2.75, 3.05) is 26.7 Å². The van der Waals surface area contributed by atoms with Crippen molar-refractivity contribution in [3.63, 3.8) is 0 Å². The fraction of sp³-hybridized carbons (Fsp3) is 0.750. The van der Waals surface area contributed by atoms with Gasteiger partial charge in [-0.15, -0.1) is 0 Å². The summed E-state index contributed by atoms with van der Waals surface area (Å²) in [6.07, 6.45) is 5.08. The smallest absolute Gasteiger partial charge is 0.310 e. The zero-order valence-corrected chi connectivity index (χ0v) is 10.6. The number of piperidine rings is 1. The molecule has 1 aromatic rings. The van der Waals surface area contributed by atoms with Gasteiger partial charge in [-0.1, -0.05) is 0 Å². The van der Waals surface area contributed by atoms with Crippen molar-refractivity contribution in [2.24, 2.45) is 5.92 Å². The van der Waals surface area contributed by atoms with Crippen molar-refractivity contribution in [3.8, 4) is 0 Å². The third-order valence-corrected chi connectivity index (χ3v) is 3.51. The molecular weight excluding hydrogens is 238 g/mol. The minimum atomic E-state index is -2.51. The minimum absolute atomic E-state index is 0.401. The molecule has 1 saturated heterocycles. The van der Waals surface area contributed by atoms with Gasteiger partial charge in [-0.25, -0.2) is 4.98 Å². The Labute approximate surface area is 106 Å². The molecule has 0 aromatic carbocycles. The number of alkyl halides is 2. The van der Waals surface area contributed by atoms with Crippen LogP contribution in [0.25, 0.3) is 0 Å². The second-order valence-electron chi connectivity index (χ2n) is 4.91. The van der Waals surface area contributed by atoms with Gasteiger partial charge in [0.15, 0.2) is 0 Å². The van der Waals surface area contributed by atoms with E-state index in [1.807, 2.05) is 0 Å². The molecule has 0 unspecified atom stereocenters. The van der Waals surface area contributed by atoms with E-state index in [2.05, 4.69) is 22.2 Å². The Morgan fingerprint density at radius 1 is 1.44 bits per heavy atom. The minimum Gasteiger partial charge on any atom is -0.310 e. The summed E-state index contributed by atoms with van der Waals surface area (Å²) in [4.78, 5) is 6.26. The molecule has 0 atom stereocenters. The van der Waals surface area contributed by atoms with Gasteiger partial charge in [0.1, 0.15) is 5.82 Å². The summed E-state index contributed by atoms with van der Waals surface area (Å²) in [5.74, 6) is 1.05. The van der Waals surface area contributed by atoms with E-state index in [1.165, 1.54) is 25.2 Å². The molecule has 1 aliphatic rings. The van der Waals surface area contributed by atoms with Crippen LogP contribution in [0.3, 0.4) is 0 Å². The number of halogens is 2. The predicted molar refractivity (Wildman–Crippen MR) is 65.4 cm³/mol. The first kappa shape index (κ1) is 13.4. The van der Waals surface area contributed by atoms with Crippen molar-refractivity contribution in [2.45, 2.75) is 25.9 Å². The van der Waals surface area contributed by atoms with Crippen LogP contribution in [0.4, 0.5) is 8.78 Å². The van der Waals surface area contributed by atoms with E-state index in [1.54, 1.807) is 0 Å². The van der Waals surface area contributed by atoms with E-state index in [-0.39, 0.29) is 0 Å². The summed E-state index contributed by atoms with van der Waals surface area (Å²) >= 11 is 0. The predicted octanol–water partition coefficient (Wildman–Crippen LogP) is 1.71. The average Bonchev–Trinajstić information content (AvgIpc) is 2.80. The molecule has 102 valence electrons. The third kappa shape index (κ3) is 3.49. The molecule has 1 aliphatic heterocycles. The number of hydrogen-bond acceptors (Lipinski definition) is 3. The van der Waals surface area contributed by atoms with Gasteiger partial charge in [0, 0.05) is 12.4 Å². The molecule has 0 radical (unpaired) electrons. The standard InChI is InChI=1S/C12H20F2N4/c1-17-5-2-10(3-6-17)8-15-9-11-16-4-7-18(11)12(13)14/h4,7,10,12,15H,2-3,5-6,8-9H2,1H3. The molecule has 0 aliphatic carbocycles. The molecule has 0 spiro atoms. The van der Waals surface area contributed by atoms with Gasteiger partial charge < -0.3 is 10.2 Å². The molecule has 1 fully saturated rings. The Morgan fingerprint density at radius 3 is 2.83 bits per heavy atom. The van der Waals surface area contributed by atoms with Crippen LogP contribution < -0.4 is 5.32 Å². The van der Waals surface area contributed by atoms with Crippen LogP contribution in [0, 0.1) is 5.92 Å². The van der Waals surface area contributed by atoms with Crippen molar-refractivity contribution in [3.05, 3.63) is 18.2 Å². The maximum Gasteiger partial charge on any atom is 0.319 e. The van der Waals surface area contributed by atoms with Crippen molar-refractivity contribution < 1.29 is 8.78 Å². The monoisotopic (exact) mass is 258 g/mol. The zero-order valence-electron chi connectivity index (χ0n) is 10.6. The Kier molecular flexibility index (Phi) is 4.66. The summed E-state index contributed by atoms with van der Waals surface area (Å²) in [6.45, 7) is 1.02. The molecule has 0 saturated carbocycles. The van der Waals surface area contributed by atoms with Crippen LogP contribution in [0.15, 0.2) is 12.4 Å². The topological polar surface area (TPSA) is 33.1 Å². The molecule has 0 bridgehead atoms. The molecule has 18 heavy (non-hydrogen) atoms. The van der Waals surface area contributed by atoms with E-state index in [4.69, 9.17) is 0 Å². The first-order valence-electron chi connectivity index (χ1n) is 6.36. The number of likely N-dealkylation sites (tertiary alicyclic amines) is 1. The Hall–Kier alpha value is -1.01. The van der Waals surface area contributed by atoms with E-state index in [0.29, 0.717) is 18.3 Å². The zero-order chi connectivity index (χ0) is 13.0. The van der Waals surface area contributed by atoms with Gasteiger partial charge in [-0.2, -0.15) is 8.78 Å². The van der Waals surface area contributed by atoms with Gasteiger partial charge in [-0.05, 0) is 45.4 Å². The summed E-state index contributed by atoms with van der Waals surface area (Å²) in [6, 6.07) is 0. The maximum atomic E-state index is 12.6. The van der Waals surface area contributed by atoms with Crippen LogP contribution in [0.1, 0.15) is 25.2 Å². The van der Waals surface area contributed by atoms with Gasteiger partial charge in [0.2, 0.25) is 0 Å². The number of nitrogens with zero attached hydrogens (tertiary/aromatic N) is 3. The molecular formula is C12H20F2N4. The highest BCUT2D eigenvalue weighted by atomic mass is 19.3. The number of hydrogen-bond donors (Lipinski definition) is 1. The maximum absolute atomic E-state index is 12.6. The van der Waals surface area contributed by atoms with Crippen LogP contribution in [0.2, 0.25) is 0 Å². The van der Waals surface area contributed by atoms with Crippen molar-refractivity contribution in [1.82, 2.24) is 19.8 Å². The van der Waals surface area contributed by atoms with Gasteiger partial charge >= 0.3 is 6.55 Å². The molecule has 4 nitrogen and oxygen atoms in total. The lowest BCUT2D eigenvalue weighted by Crippen LogP contribution is -2.35. The van der Waals surface area contributed by atoms with E-state index in [9.17, 15) is 8.78 Å². The van der Waals surface area contributed by atoms with Crippen LogP contribution in [-0.2, 0) is 6.54 Å². The fourth-order valence-corrected chi connectivity index (χ4v) is 2.31. The number of rotatable bonds is 5. The molecule has 1 aromatic heterocycles. The van der Waals surface area contributed by atoms with Gasteiger partial charge in [-0.3, -0.25) is 4.57 Å². The third-order valence-electron chi connectivity index (χ3n) is 3.51. The SMILES string of the molecule is CN1CCC(CNCc2nccn2C(F)F)CC1. The quantitative estimate of drug-likeness (QED) is 0.873. The Bertz CT molecular complexity index is 359. The lowest BCUT2D eigenvalue weighted by atomic mass is 9.97. The second kappa shape index (κ2) is 6.24. The molecule has 2 heterocycles. The summed E-state index contributed by atoms with van der Waals surface area (Å²) < 4.78 is 26.1.